The van der Waals surface area contributed by atoms with Crippen molar-refractivity contribution >= 4 is 23.3 Å². The predicted octanol–water partition coefficient (Wildman–Crippen LogP) is 3.43. The normalized spacial score (nSPS) is 18.4. The van der Waals surface area contributed by atoms with Crippen molar-refractivity contribution in [1.29, 1.82) is 0 Å². The van der Waals surface area contributed by atoms with Gasteiger partial charge in [-0.1, -0.05) is 12.1 Å². The molecular weight excluding hydrogens is 489 g/mol. The fourth-order valence-corrected chi connectivity index (χ4v) is 4.94. The van der Waals surface area contributed by atoms with Gasteiger partial charge in [0.15, 0.2) is 5.78 Å². The van der Waals surface area contributed by atoms with Crippen molar-refractivity contribution < 1.29 is 37.0 Å². The number of ketones is 1. The number of Topliss-reactive ketones (excluding diaryl/α,β-unsaturated/α-hetero) is 1. The first kappa shape index (κ1) is 26.9. The number of para-hydroxylation sites is 1. The van der Waals surface area contributed by atoms with Crippen LogP contribution in [0.25, 0.3) is 0 Å². The lowest BCUT2D eigenvalue weighted by atomic mass is 10.1. The van der Waals surface area contributed by atoms with Gasteiger partial charge in [0.2, 0.25) is 5.91 Å². The summed E-state index contributed by atoms with van der Waals surface area (Å²) >= 11 is 0. The Bertz CT molecular complexity index is 1100. The van der Waals surface area contributed by atoms with Crippen molar-refractivity contribution in [2.75, 3.05) is 50.7 Å². The van der Waals surface area contributed by atoms with Crippen LogP contribution in [0.1, 0.15) is 36.0 Å². The number of hydrogen-bond acceptors (Lipinski definition) is 5. The number of halogens is 3. The molecule has 1 aromatic carbocycles. The number of aromatic nitrogens is 1. The summed E-state index contributed by atoms with van der Waals surface area (Å²) in [5.74, 6) is -2.41. The maximum atomic E-state index is 13.0. The third-order valence-corrected chi connectivity index (χ3v) is 7.06. The molecule has 0 atom stereocenters. The van der Waals surface area contributed by atoms with E-state index in [0.29, 0.717) is 43.7 Å². The minimum Gasteiger partial charge on any atom is -0.353 e. The van der Waals surface area contributed by atoms with E-state index >= 15 is 0 Å². The zero-order valence-corrected chi connectivity index (χ0v) is 20.7. The lowest BCUT2D eigenvalue weighted by Crippen LogP contribution is -2.61. The second-order valence-electron chi connectivity index (χ2n) is 9.56. The van der Waals surface area contributed by atoms with Crippen molar-refractivity contribution in [3.8, 4) is 0 Å². The van der Waals surface area contributed by atoms with Crippen LogP contribution < -0.4 is 4.90 Å². The average Bonchev–Trinajstić information content (AvgIpc) is 3.36. The third kappa shape index (κ3) is 6.78. The molecule has 11 heteroatoms. The summed E-state index contributed by atoms with van der Waals surface area (Å²) in [6, 6.07) is 10.8. The minimum absolute atomic E-state index is 0.0790. The third-order valence-electron chi connectivity index (χ3n) is 7.06. The van der Waals surface area contributed by atoms with Crippen molar-refractivity contribution in [1.82, 2.24) is 9.47 Å². The highest BCUT2D eigenvalue weighted by atomic mass is 19.4. The van der Waals surface area contributed by atoms with E-state index in [1.807, 2.05) is 29.1 Å². The Hall–Kier alpha value is -3.18. The highest BCUT2D eigenvalue weighted by molar-refractivity contribution is 6.10. The summed E-state index contributed by atoms with van der Waals surface area (Å²) < 4.78 is 40.8. The number of benzene rings is 1. The van der Waals surface area contributed by atoms with Gasteiger partial charge in [-0.05, 0) is 30.7 Å². The van der Waals surface area contributed by atoms with Gasteiger partial charge in [0.05, 0.1) is 18.8 Å². The molecule has 1 saturated heterocycles. The van der Waals surface area contributed by atoms with Crippen LogP contribution >= 0.6 is 0 Å². The lowest BCUT2D eigenvalue weighted by Gasteiger charge is -2.41. The van der Waals surface area contributed by atoms with Crippen molar-refractivity contribution in [2.24, 2.45) is 0 Å². The largest absolute Gasteiger partial charge is 0.497 e. The number of amides is 1. The molecule has 0 spiro atoms. The summed E-state index contributed by atoms with van der Waals surface area (Å²) in [5, 5.41) is 0. The fourth-order valence-electron chi connectivity index (χ4n) is 4.94. The molecule has 4 rings (SSSR count). The molecule has 0 saturated carbocycles. The Balaban J connectivity index is 1.36. The molecule has 1 fully saturated rings. The summed E-state index contributed by atoms with van der Waals surface area (Å²) in [4.78, 5) is 45.6. The van der Waals surface area contributed by atoms with Crippen LogP contribution in [-0.2, 0) is 21.0 Å². The molecule has 0 aliphatic carbocycles. The average molecular weight is 522 g/mol. The van der Waals surface area contributed by atoms with Crippen LogP contribution in [0.3, 0.4) is 0 Å². The van der Waals surface area contributed by atoms with Crippen molar-refractivity contribution in [3.05, 3.63) is 54.4 Å². The molecule has 0 unspecified atom stereocenters. The molecule has 1 aromatic heterocycles. The predicted molar refractivity (Wildman–Crippen MR) is 129 cm³/mol. The van der Waals surface area contributed by atoms with E-state index < -0.39 is 12.1 Å². The van der Waals surface area contributed by atoms with E-state index in [4.69, 9.17) is 4.84 Å². The Morgan fingerprint density at radius 3 is 2.32 bits per heavy atom. The summed E-state index contributed by atoms with van der Waals surface area (Å²) in [6.07, 6.45) is 0.0722. The molecule has 3 heterocycles. The molecule has 8 nitrogen and oxygen atoms in total. The zero-order chi connectivity index (χ0) is 26.5. The Morgan fingerprint density at radius 1 is 0.919 bits per heavy atom. The first-order valence-electron chi connectivity index (χ1n) is 12.6. The number of fused-ring (bicyclic) bond motifs is 1. The van der Waals surface area contributed by atoms with Crippen LogP contribution in [-0.4, -0.2) is 83.8 Å². The number of rotatable bonds is 9. The molecule has 2 aromatic rings. The van der Waals surface area contributed by atoms with E-state index in [9.17, 15) is 27.6 Å². The topological polar surface area (TPSA) is 71.8 Å². The Morgan fingerprint density at radius 2 is 1.62 bits per heavy atom. The van der Waals surface area contributed by atoms with Gasteiger partial charge < -0.3 is 9.47 Å². The zero-order valence-electron chi connectivity index (χ0n) is 20.7. The molecule has 200 valence electrons. The molecular formula is C26H32F3N4O4+. The summed E-state index contributed by atoms with van der Waals surface area (Å²) in [6.45, 7) is 3.59. The quantitative estimate of drug-likeness (QED) is 0.374. The second-order valence-corrected chi connectivity index (χ2v) is 9.56. The van der Waals surface area contributed by atoms with E-state index in [0.717, 1.165) is 13.1 Å². The number of hydroxylamine groups is 3. The van der Waals surface area contributed by atoms with E-state index in [2.05, 4.69) is 4.90 Å². The van der Waals surface area contributed by atoms with Crippen LogP contribution in [0.2, 0.25) is 0 Å². The number of anilines is 1. The number of piperazine rings is 1. The number of alkyl halides is 3. The van der Waals surface area contributed by atoms with Crippen LogP contribution in [0.4, 0.5) is 18.9 Å². The number of unbranched alkanes of at least 4 members (excludes halogenated alkanes) is 1. The van der Waals surface area contributed by atoms with Crippen LogP contribution in [0.5, 0.6) is 0 Å². The number of hydrogen-bond donors (Lipinski definition) is 0. The van der Waals surface area contributed by atoms with Crippen LogP contribution in [0, 0.1) is 0 Å². The monoisotopic (exact) mass is 521 g/mol. The molecule has 37 heavy (non-hydrogen) atoms. The summed E-state index contributed by atoms with van der Waals surface area (Å²) in [5.41, 5.74) is 1.07. The molecule has 2 aliphatic heterocycles. The number of nitrogens with zero attached hydrogens (tertiary/aromatic N) is 4. The standard InChI is InChI=1S/C26H32F3N4O4/c27-26(28,29)25(36)37-33(19-16-31(17-20-33)15-14-30-11-3-4-12-30)18-6-5-13-32-22-8-2-1-7-21(22)23(34)9-10-24(32)35/h1-4,7-8,11-12H,5-6,9-10,13-20H2/q+1. The first-order valence-corrected chi connectivity index (χ1v) is 12.6. The van der Waals surface area contributed by atoms with E-state index in [1.165, 1.54) is 0 Å². The molecule has 1 amide bonds. The molecule has 0 bridgehead atoms. The number of carbonyl (C=O) groups is 3. The van der Waals surface area contributed by atoms with Crippen LogP contribution in [0.15, 0.2) is 48.8 Å². The highest BCUT2D eigenvalue weighted by Gasteiger charge is 2.48. The highest BCUT2D eigenvalue weighted by Crippen LogP contribution is 2.28. The summed E-state index contributed by atoms with van der Waals surface area (Å²) in [7, 11) is 0. The van der Waals surface area contributed by atoms with Gasteiger partial charge in [0, 0.05) is 56.9 Å². The van der Waals surface area contributed by atoms with Gasteiger partial charge in [-0.25, -0.2) is 4.79 Å². The second kappa shape index (κ2) is 11.5. The first-order chi connectivity index (χ1) is 17.7. The van der Waals surface area contributed by atoms with Gasteiger partial charge in [-0.3, -0.25) is 19.3 Å². The SMILES string of the molecule is O=C1CCC(=O)N(CCCC[N+]2(OC(=O)C(F)(F)F)CCN(CCn3cccc3)CC2)c2ccccc21. The molecule has 2 aliphatic rings. The van der Waals surface area contributed by atoms with Gasteiger partial charge in [0.25, 0.3) is 0 Å². The lowest BCUT2D eigenvalue weighted by molar-refractivity contribution is -1.09. The van der Waals surface area contributed by atoms with Gasteiger partial charge in [-0.15, -0.1) is 4.65 Å². The van der Waals surface area contributed by atoms with Gasteiger partial charge in [-0.2, -0.15) is 13.2 Å². The number of carbonyl (C=O) groups excluding carboxylic acids is 3. The maximum Gasteiger partial charge on any atom is 0.497 e. The van der Waals surface area contributed by atoms with Crippen molar-refractivity contribution in [2.45, 2.75) is 38.4 Å². The fraction of sp³-hybridized carbons (Fsp3) is 0.500. The smallest absolute Gasteiger partial charge is 0.353 e. The van der Waals surface area contributed by atoms with E-state index in [1.54, 1.807) is 29.2 Å². The van der Waals surface area contributed by atoms with Crippen molar-refractivity contribution in [3.63, 3.8) is 0 Å². The van der Waals surface area contributed by atoms with Gasteiger partial charge >= 0.3 is 12.1 Å². The van der Waals surface area contributed by atoms with Gasteiger partial charge in [0.1, 0.15) is 19.6 Å². The Labute approximate surface area is 213 Å². The maximum absolute atomic E-state index is 13.0. The number of quaternary nitrogens is 1. The Kier molecular flexibility index (Phi) is 8.33. The molecule has 0 radical (unpaired) electrons. The minimum atomic E-state index is -5.06. The van der Waals surface area contributed by atoms with E-state index in [-0.39, 0.29) is 48.8 Å². The molecule has 0 N–H and O–H groups in total.